The second-order valence-electron chi connectivity index (χ2n) is 4.53. The zero-order valence-electron chi connectivity index (χ0n) is 9.29. The molecule has 84 valence electrons. The third-order valence-electron chi connectivity index (χ3n) is 3.09. The Balaban J connectivity index is 1.95. The molecule has 1 aromatic carbocycles. The molecule has 2 rings (SSSR count). The first-order valence-electron chi connectivity index (χ1n) is 5.41. The third-order valence-corrected chi connectivity index (χ3v) is 3.51. The quantitative estimate of drug-likeness (QED) is 0.797. The standard InChI is InChI=1S/C13H14ClNO/c1-10-8-11(2-3-12(10)14)16-9-13(4-5-13)6-7-15/h2-3,8H,4-6,9H2,1H3. The van der Waals surface area contributed by atoms with Crippen LogP contribution < -0.4 is 4.74 Å². The molecule has 2 nitrogen and oxygen atoms in total. The lowest BCUT2D eigenvalue weighted by Crippen LogP contribution is -2.12. The van der Waals surface area contributed by atoms with E-state index >= 15 is 0 Å². The first-order valence-corrected chi connectivity index (χ1v) is 5.79. The zero-order chi connectivity index (χ0) is 11.6. The fourth-order valence-electron chi connectivity index (χ4n) is 1.66. The lowest BCUT2D eigenvalue weighted by atomic mass is 10.1. The number of halogens is 1. The van der Waals surface area contributed by atoms with Crippen LogP contribution in [0.4, 0.5) is 0 Å². The molecule has 0 spiro atoms. The molecule has 16 heavy (non-hydrogen) atoms. The Labute approximate surface area is 101 Å². The summed E-state index contributed by atoms with van der Waals surface area (Å²) < 4.78 is 5.71. The van der Waals surface area contributed by atoms with Crippen molar-refractivity contribution in [1.29, 1.82) is 5.26 Å². The van der Waals surface area contributed by atoms with Crippen molar-refractivity contribution in [1.82, 2.24) is 0 Å². The number of nitriles is 1. The van der Waals surface area contributed by atoms with Crippen molar-refractivity contribution in [3.05, 3.63) is 28.8 Å². The molecule has 0 saturated heterocycles. The molecule has 1 saturated carbocycles. The van der Waals surface area contributed by atoms with Crippen LogP contribution in [0, 0.1) is 23.7 Å². The second-order valence-corrected chi connectivity index (χ2v) is 4.94. The molecular weight excluding hydrogens is 222 g/mol. The average Bonchev–Trinajstić information content (AvgIpc) is 3.01. The molecule has 0 aromatic heterocycles. The molecule has 0 radical (unpaired) electrons. The van der Waals surface area contributed by atoms with Gasteiger partial charge in [-0.05, 0) is 43.5 Å². The maximum absolute atomic E-state index is 8.70. The van der Waals surface area contributed by atoms with Crippen LogP contribution in [0.25, 0.3) is 0 Å². The number of nitrogens with zero attached hydrogens (tertiary/aromatic N) is 1. The molecule has 0 heterocycles. The predicted molar refractivity (Wildman–Crippen MR) is 63.6 cm³/mol. The van der Waals surface area contributed by atoms with E-state index in [1.165, 1.54) is 0 Å². The SMILES string of the molecule is Cc1cc(OCC2(CC#N)CC2)ccc1Cl. The summed E-state index contributed by atoms with van der Waals surface area (Å²) >= 11 is 5.93. The third kappa shape index (κ3) is 2.48. The molecule has 0 bridgehead atoms. The smallest absolute Gasteiger partial charge is 0.119 e. The average molecular weight is 236 g/mol. The van der Waals surface area contributed by atoms with Gasteiger partial charge in [0.05, 0.1) is 12.7 Å². The minimum atomic E-state index is 0.127. The van der Waals surface area contributed by atoms with E-state index in [9.17, 15) is 0 Å². The highest BCUT2D eigenvalue weighted by Crippen LogP contribution is 2.48. The van der Waals surface area contributed by atoms with Gasteiger partial charge in [-0.1, -0.05) is 11.6 Å². The number of rotatable bonds is 4. The van der Waals surface area contributed by atoms with Crippen LogP contribution in [-0.4, -0.2) is 6.61 Å². The van der Waals surface area contributed by atoms with Gasteiger partial charge < -0.3 is 4.74 Å². The van der Waals surface area contributed by atoms with E-state index in [0.29, 0.717) is 13.0 Å². The van der Waals surface area contributed by atoms with Gasteiger partial charge in [-0.2, -0.15) is 5.26 Å². The maximum atomic E-state index is 8.70. The Bertz CT molecular complexity index is 432. The predicted octanol–water partition coefficient (Wildman–Crippen LogP) is 3.72. The molecule has 0 atom stereocenters. The largest absolute Gasteiger partial charge is 0.493 e. The van der Waals surface area contributed by atoms with Gasteiger partial charge in [0, 0.05) is 16.9 Å². The number of hydrogen-bond acceptors (Lipinski definition) is 2. The fraction of sp³-hybridized carbons (Fsp3) is 0.462. The van der Waals surface area contributed by atoms with Crippen molar-refractivity contribution in [3.8, 4) is 11.8 Å². The Morgan fingerprint density at radius 3 is 2.81 bits per heavy atom. The molecule has 1 fully saturated rings. The van der Waals surface area contributed by atoms with Gasteiger partial charge in [0.2, 0.25) is 0 Å². The summed E-state index contributed by atoms with van der Waals surface area (Å²) in [7, 11) is 0. The zero-order valence-corrected chi connectivity index (χ0v) is 10.0. The minimum absolute atomic E-state index is 0.127. The number of ether oxygens (including phenoxy) is 1. The Kier molecular flexibility index (Phi) is 3.07. The summed E-state index contributed by atoms with van der Waals surface area (Å²) in [5.41, 5.74) is 1.15. The molecule has 3 heteroatoms. The van der Waals surface area contributed by atoms with Gasteiger partial charge in [0.15, 0.2) is 0 Å². The number of benzene rings is 1. The number of aryl methyl sites for hydroxylation is 1. The summed E-state index contributed by atoms with van der Waals surface area (Å²) in [6.45, 7) is 2.60. The first-order chi connectivity index (χ1) is 7.65. The van der Waals surface area contributed by atoms with Crippen LogP contribution in [-0.2, 0) is 0 Å². The first kappa shape index (κ1) is 11.3. The topological polar surface area (TPSA) is 33.0 Å². The molecule has 0 aliphatic heterocycles. The van der Waals surface area contributed by atoms with Gasteiger partial charge in [0.25, 0.3) is 0 Å². The fourth-order valence-corrected chi connectivity index (χ4v) is 1.78. The van der Waals surface area contributed by atoms with Gasteiger partial charge in [-0.15, -0.1) is 0 Å². The van der Waals surface area contributed by atoms with E-state index in [1.54, 1.807) is 0 Å². The van der Waals surface area contributed by atoms with Crippen LogP contribution in [0.2, 0.25) is 5.02 Å². The van der Waals surface area contributed by atoms with Gasteiger partial charge >= 0.3 is 0 Å². The van der Waals surface area contributed by atoms with Crippen LogP contribution in [0.3, 0.4) is 0 Å². The van der Waals surface area contributed by atoms with Gasteiger partial charge in [0.1, 0.15) is 5.75 Å². The lowest BCUT2D eigenvalue weighted by Gasteiger charge is -2.13. The highest BCUT2D eigenvalue weighted by molar-refractivity contribution is 6.31. The van der Waals surface area contributed by atoms with Crippen molar-refractivity contribution in [3.63, 3.8) is 0 Å². The van der Waals surface area contributed by atoms with Crippen molar-refractivity contribution in [2.75, 3.05) is 6.61 Å². The summed E-state index contributed by atoms with van der Waals surface area (Å²) in [4.78, 5) is 0. The van der Waals surface area contributed by atoms with Crippen molar-refractivity contribution in [2.24, 2.45) is 5.41 Å². The number of hydrogen-bond donors (Lipinski definition) is 0. The minimum Gasteiger partial charge on any atom is -0.493 e. The van der Waals surface area contributed by atoms with Crippen LogP contribution in [0.15, 0.2) is 18.2 Å². The van der Waals surface area contributed by atoms with Gasteiger partial charge in [-0.25, -0.2) is 0 Å². The Morgan fingerprint density at radius 2 is 2.25 bits per heavy atom. The van der Waals surface area contributed by atoms with E-state index in [1.807, 2.05) is 25.1 Å². The van der Waals surface area contributed by atoms with E-state index < -0.39 is 0 Å². The van der Waals surface area contributed by atoms with Crippen LogP contribution >= 0.6 is 11.6 Å². The molecule has 0 N–H and O–H groups in total. The van der Waals surface area contributed by atoms with E-state index in [0.717, 1.165) is 29.2 Å². The normalized spacial score (nSPS) is 16.6. The monoisotopic (exact) mass is 235 g/mol. The second kappa shape index (κ2) is 4.35. The summed E-state index contributed by atoms with van der Waals surface area (Å²) in [6.07, 6.45) is 2.81. The summed E-state index contributed by atoms with van der Waals surface area (Å²) in [5, 5.41) is 9.45. The van der Waals surface area contributed by atoms with E-state index in [2.05, 4.69) is 6.07 Å². The molecule has 0 amide bonds. The lowest BCUT2D eigenvalue weighted by molar-refractivity contribution is 0.237. The highest BCUT2D eigenvalue weighted by atomic mass is 35.5. The molecular formula is C13H14ClNO. The summed E-state index contributed by atoms with van der Waals surface area (Å²) in [5.74, 6) is 0.839. The van der Waals surface area contributed by atoms with Crippen molar-refractivity contribution < 1.29 is 4.74 Å². The molecule has 1 aliphatic rings. The van der Waals surface area contributed by atoms with Crippen LogP contribution in [0.5, 0.6) is 5.75 Å². The Morgan fingerprint density at radius 1 is 1.50 bits per heavy atom. The van der Waals surface area contributed by atoms with Gasteiger partial charge in [-0.3, -0.25) is 0 Å². The van der Waals surface area contributed by atoms with Crippen LogP contribution in [0.1, 0.15) is 24.8 Å². The van der Waals surface area contributed by atoms with Crippen molar-refractivity contribution >= 4 is 11.6 Å². The Hall–Kier alpha value is -1.20. The van der Waals surface area contributed by atoms with E-state index in [4.69, 9.17) is 21.6 Å². The molecule has 1 aliphatic carbocycles. The maximum Gasteiger partial charge on any atom is 0.119 e. The molecule has 1 aromatic rings. The molecule has 0 unspecified atom stereocenters. The van der Waals surface area contributed by atoms with E-state index in [-0.39, 0.29) is 5.41 Å². The van der Waals surface area contributed by atoms with Crippen molar-refractivity contribution in [2.45, 2.75) is 26.2 Å². The summed E-state index contributed by atoms with van der Waals surface area (Å²) in [6, 6.07) is 7.88. The highest BCUT2D eigenvalue weighted by Gasteiger charge is 2.43.